The number of rotatable bonds is 5. The molecule has 3 fully saturated rings. The quantitative estimate of drug-likeness (QED) is 0.362. The lowest BCUT2D eigenvalue weighted by Crippen LogP contribution is -2.64. The smallest absolute Gasteiger partial charge is 0.423 e. The molecule has 1 spiro atoms. The van der Waals surface area contributed by atoms with Gasteiger partial charge in [-0.05, 0) is 29.5 Å². The zero-order valence-electron chi connectivity index (χ0n) is 22.1. The average molecular weight is 532 g/mol. The Labute approximate surface area is 228 Å². The van der Waals surface area contributed by atoms with Gasteiger partial charge in [0.25, 0.3) is 5.92 Å². The molecule has 5 nitrogen and oxygen atoms in total. The number of benzene rings is 3. The van der Waals surface area contributed by atoms with Crippen LogP contribution in [0.1, 0.15) is 61.6 Å². The fourth-order valence-corrected chi connectivity index (χ4v) is 7.39. The number of halogens is 2. The average Bonchev–Trinajstić information content (AvgIpc) is 3.56. The van der Waals surface area contributed by atoms with E-state index in [4.69, 9.17) is 0 Å². The molecule has 2 heterocycles. The van der Waals surface area contributed by atoms with Gasteiger partial charge in [0.15, 0.2) is 0 Å². The van der Waals surface area contributed by atoms with Crippen molar-refractivity contribution in [2.45, 2.75) is 68.1 Å². The van der Waals surface area contributed by atoms with E-state index < -0.39 is 29.3 Å². The van der Waals surface area contributed by atoms with Gasteiger partial charge >= 0.3 is 6.09 Å². The first-order chi connectivity index (χ1) is 18.9. The highest BCUT2D eigenvalue weighted by atomic mass is 19.3. The zero-order valence-corrected chi connectivity index (χ0v) is 22.1. The molecule has 2 saturated heterocycles. The predicted molar refractivity (Wildman–Crippen MR) is 146 cm³/mol. The van der Waals surface area contributed by atoms with Crippen LogP contribution in [0.3, 0.4) is 0 Å². The van der Waals surface area contributed by atoms with Crippen LogP contribution in [0.25, 0.3) is 0 Å². The molecule has 0 radical (unpaired) electrons. The monoisotopic (exact) mass is 531 g/mol. The van der Waals surface area contributed by atoms with Gasteiger partial charge in [-0.2, -0.15) is 5.01 Å². The van der Waals surface area contributed by atoms with Crippen molar-refractivity contribution >= 4 is 6.09 Å². The first kappa shape index (κ1) is 26.0. The molecule has 0 aromatic heterocycles. The van der Waals surface area contributed by atoms with Crippen molar-refractivity contribution in [3.63, 3.8) is 0 Å². The fraction of sp³-hybridized carbons (Fsp3) is 0.406. The maximum atomic E-state index is 14.2. The van der Waals surface area contributed by atoms with E-state index in [2.05, 4.69) is 41.4 Å². The van der Waals surface area contributed by atoms with E-state index in [1.165, 1.54) is 5.01 Å². The Balaban J connectivity index is 1.62. The highest BCUT2D eigenvalue weighted by Crippen LogP contribution is 2.56. The second-order valence-corrected chi connectivity index (χ2v) is 11.3. The molecule has 204 valence electrons. The molecular weight excluding hydrogens is 496 g/mol. The summed E-state index contributed by atoms with van der Waals surface area (Å²) in [7, 11) is 0. The van der Waals surface area contributed by atoms with Crippen LogP contribution in [-0.4, -0.2) is 56.8 Å². The first-order valence-electron chi connectivity index (χ1n) is 14.0. The summed E-state index contributed by atoms with van der Waals surface area (Å²) in [5.41, 5.74) is 1.55. The third kappa shape index (κ3) is 4.32. The molecule has 6 rings (SSSR count). The van der Waals surface area contributed by atoms with Crippen molar-refractivity contribution in [1.82, 2.24) is 14.9 Å². The van der Waals surface area contributed by atoms with Crippen LogP contribution in [0.15, 0.2) is 91.0 Å². The topological polar surface area (TPSA) is 47.0 Å². The Hall–Kier alpha value is -3.29. The lowest BCUT2D eigenvalue weighted by molar-refractivity contribution is -0.131. The zero-order chi connectivity index (χ0) is 27.1. The van der Waals surface area contributed by atoms with Crippen molar-refractivity contribution in [2.75, 3.05) is 13.1 Å². The molecule has 1 N–H and O–H groups in total. The van der Waals surface area contributed by atoms with E-state index in [0.717, 1.165) is 42.4 Å². The molecule has 3 aliphatic rings. The summed E-state index contributed by atoms with van der Waals surface area (Å²) in [5, 5.41) is 14.6. The third-order valence-corrected chi connectivity index (χ3v) is 9.08. The second kappa shape index (κ2) is 10.0. The molecule has 3 aromatic carbocycles. The summed E-state index contributed by atoms with van der Waals surface area (Å²) in [6, 6.07) is 30.4. The normalized spacial score (nSPS) is 23.3. The Morgan fingerprint density at radius 2 is 1.18 bits per heavy atom. The van der Waals surface area contributed by atoms with Gasteiger partial charge < -0.3 is 5.11 Å². The lowest BCUT2D eigenvalue weighted by atomic mass is 9.73. The number of carbonyl (C=O) groups is 1. The van der Waals surface area contributed by atoms with Gasteiger partial charge in [-0.3, -0.25) is 4.90 Å². The number of alkyl halides is 2. The van der Waals surface area contributed by atoms with Gasteiger partial charge in [-0.15, -0.1) is 0 Å². The first-order valence-corrected chi connectivity index (χ1v) is 14.0. The van der Waals surface area contributed by atoms with E-state index in [-0.39, 0.29) is 25.9 Å². The van der Waals surface area contributed by atoms with Crippen molar-refractivity contribution in [3.05, 3.63) is 108 Å². The Kier molecular flexibility index (Phi) is 6.68. The minimum absolute atomic E-state index is 0.181. The number of hydrogen-bond acceptors (Lipinski definition) is 3. The summed E-state index contributed by atoms with van der Waals surface area (Å²) in [6.07, 6.45) is 2.26. The molecule has 7 heteroatoms. The van der Waals surface area contributed by atoms with E-state index in [0.29, 0.717) is 6.42 Å². The molecule has 1 aliphatic carbocycles. The molecule has 1 atom stereocenters. The number of hydrogen-bond donors (Lipinski definition) is 1. The van der Waals surface area contributed by atoms with Crippen molar-refractivity contribution in [3.8, 4) is 0 Å². The van der Waals surface area contributed by atoms with E-state index in [1.807, 2.05) is 59.5 Å². The van der Waals surface area contributed by atoms with Gasteiger partial charge in [0.1, 0.15) is 11.7 Å². The predicted octanol–water partition coefficient (Wildman–Crippen LogP) is 6.95. The van der Waals surface area contributed by atoms with Gasteiger partial charge in [-0.25, -0.2) is 18.6 Å². The Morgan fingerprint density at radius 3 is 1.59 bits per heavy atom. The molecule has 0 bridgehead atoms. The Morgan fingerprint density at radius 1 is 0.744 bits per heavy atom. The van der Waals surface area contributed by atoms with Crippen molar-refractivity contribution < 1.29 is 18.7 Å². The molecule has 1 amide bonds. The van der Waals surface area contributed by atoms with E-state index >= 15 is 0 Å². The van der Waals surface area contributed by atoms with Crippen molar-refractivity contribution in [2.24, 2.45) is 0 Å². The van der Waals surface area contributed by atoms with Crippen LogP contribution in [-0.2, 0) is 5.54 Å². The number of carboxylic acid groups (broad SMARTS) is 1. The molecule has 39 heavy (non-hydrogen) atoms. The van der Waals surface area contributed by atoms with Crippen LogP contribution < -0.4 is 0 Å². The molecular formula is C32H35F2N3O2. The summed E-state index contributed by atoms with van der Waals surface area (Å²) in [4.78, 5) is 15.4. The minimum Gasteiger partial charge on any atom is -0.464 e. The van der Waals surface area contributed by atoms with Crippen LogP contribution in [0.4, 0.5) is 13.6 Å². The Bertz CT molecular complexity index is 1180. The largest absolute Gasteiger partial charge is 0.464 e. The van der Waals surface area contributed by atoms with Crippen LogP contribution in [0.2, 0.25) is 0 Å². The standard InChI is InChI=1S/C32H35F2N3O2/c33-31(34)20-22-35(23-21-31)28-24-30(18-10-11-19-30)37(36(28)29(38)39)32(25-12-4-1-5-13-25,26-14-6-2-7-15-26)27-16-8-3-9-17-27/h1-9,12-17,28H,10-11,18-24H2,(H,38,39). The van der Waals surface area contributed by atoms with Gasteiger partial charge in [0.2, 0.25) is 0 Å². The van der Waals surface area contributed by atoms with Crippen LogP contribution >= 0.6 is 0 Å². The number of piperidine rings is 1. The van der Waals surface area contributed by atoms with Gasteiger partial charge in [0, 0.05) is 37.9 Å². The molecule has 2 aliphatic heterocycles. The second-order valence-electron chi connectivity index (χ2n) is 11.3. The summed E-state index contributed by atoms with van der Waals surface area (Å²) in [5.74, 6) is -2.70. The van der Waals surface area contributed by atoms with Gasteiger partial charge in [-0.1, -0.05) is 104 Å². The number of hydrazine groups is 1. The van der Waals surface area contributed by atoms with Crippen LogP contribution in [0, 0.1) is 0 Å². The van der Waals surface area contributed by atoms with E-state index in [9.17, 15) is 18.7 Å². The number of nitrogens with zero attached hydrogens (tertiary/aromatic N) is 3. The molecule has 1 unspecified atom stereocenters. The summed E-state index contributed by atoms with van der Waals surface area (Å²) < 4.78 is 28.4. The minimum atomic E-state index is -2.70. The van der Waals surface area contributed by atoms with Crippen molar-refractivity contribution in [1.29, 1.82) is 0 Å². The van der Waals surface area contributed by atoms with Gasteiger partial charge in [0.05, 0.1) is 0 Å². The van der Waals surface area contributed by atoms with Crippen LogP contribution in [0.5, 0.6) is 0 Å². The summed E-state index contributed by atoms with van der Waals surface area (Å²) in [6.45, 7) is 0.362. The highest BCUT2D eigenvalue weighted by Gasteiger charge is 2.63. The molecule has 3 aromatic rings. The third-order valence-electron chi connectivity index (χ3n) is 9.08. The number of amides is 1. The molecule has 1 saturated carbocycles. The maximum absolute atomic E-state index is 14.2. The maximum Gasteiger partial charge on any atom is 0.423 e. The number of likely N-dealkylation sites (tertiary alicyclic amines) is 1. The fourth-order valence-electron chi connectivity index (χ4n) is 7.39. The van der Waals surface area contributed by atoms with E-state index in [1.54, 1.807) is 0 Å². The summed E-state index contributed by atoms with van der Waals surface area (Å²) >= 11 is 0. The lowest BCUT2D eigenvalue weighted by Gasteiger charge is -2.53. The highest BCUT2D eigenvalue weighted by molar-refractivity contribution is 5.66. The SMILES string of the molecule is O=C(O)N1C(N2CCC(F)(F)CC2)CC2(CCCC2)N1C(c1ccccc1)(c1ccccc1)c1ccccc1.